The Bertz CT molecular complexity index is 930. The summed E-state index contributed by atoms with van der Waals surface area (Å²) in [7, 11) is 0. The van der Waals surface area contributed by atoms with Crippen molar-refractivity contribution in [1.82, 2.24) is 4.90 Å². The highest BCUT2D eigenvalue weighted by molar-refractivity contribution is 5.87. The molecule has 1 amide bonds. The number of piperidine rings is 1. The molecule has 0 bridgehead atoms. The number of hydrogen-bond donors (Lipinski definition) is 1. The molecule has 0 aromatic heterocycles. The monoisotopic (exact) mass is 434 g/mol. The molecule has 2 saturated carbocycles. The number of rotatable bonds is 7. The quantitative estimate of drug-likeness (QED) is 0.630. The van der Waals surface area contributed by atoms with Gasteiger partial charge in [-0.05, 0) is 98.3 Å². The van der Waals surface area contributed by atoms with Crippen LogP contribution >= 0.6 is 0 Å². The third-order valence-electron chi connectivity index (χ3n) is 8.47. The first-order chi connectivity index (χ1) is 15.5. The maximum absolute atomic E-state index is 13.5. The summed E-state index contributed by atoms with van der Waals surface area (Å²) in [5.41, 5.74) is 8.59. The number of likely N-dealkylation sites (tertiary alicyclic amines) is 1. The molecule has 32 heavy (non-hydrogen) atoms. The second-order valence-electron chi connectivity index (χ2n) is 10.7. The lowest BCUT2D eigenvalue weighted by Gasteiger charge is -2.46. The Hall–Kier alpha value is -2.20. The molecule has 5 rings (SSSR count). The number of nitrogens with zero attached hydrogens (tertiary/aromatic N) is 1. The molecule has 3 aliphatic rings. The summed E-state index contributed by atoms with van der Waals surface area (Å²) >= 11 is 0. The molecule has 2 aromatic carbocycles. The normalized spacial score (nSPS) is 25.8. The zero-order valence-electron chi connectivity index (χ0n) is 18.9. The molecular formula is C28H35FN2O. The van der Waals surface area contributed by atoms with Gasteiger partial charge in [0.15, 0.2) is 0 Å². The lowest BCUT2D eigenvalue weighted by atomic mass is 9.69. The highest BCUT2D eigenvalue weighted by Gasteiger charge is 2.46. The average molecular weight is 435 g/mol. The van der Waals surface area contributed by atoms with Crippen LogP contribution in [-0.4, -0.2) is 29.4 Å². The van der Waals surface area contributed by atoms with Gasteiger partial charge in [-0.2, -0.15) is 0 Å². The fourth-order valence-electron chi connectivity index (χ4n) is 5.99. The van der Waals surface area contributed by atoms with Crippen molar-refractivity contribution in [3.63, 3.8) is 0 Å². The Morgan fingerprint density at radius 3 is 2.31 bits per heavy atom. The van der Waals surface area contributed by atoms with Crippen molar-refractivity contribution in [3.05, 3.63) is 71.5 Å². The van der Waals surface area contributed by atoms with E-state index >= 15 is 0 Å². The summed E-state index contributed by atoms with van der Waals surface area (Å²) in [5, 5.41) is 0. The number of carbonyl (C=O) groups is 1. The number of carbonyl (C=O) groups excluding carboxylic acids is 1. The van der Waals surface area contributed by atoms with Crippen LogP contribution < -0.4 is 5.73 Å². The average Bonchev–Trinajstić information content (AvgIpc) is 3.58. The Morgan fingerprint density at radius 2 is 1.69 bits per heavy atom. The molecule has 0 spiro atoms. The van der Waals surface area contributed by atoms with Crippen LogP contribution in [0.1, 0.15) is 68.4 Å². The van der Waals surface area contributed by atoms with Crippen LogP contribution in [0.15, 0.2) is 54.6 Å². The fourth-order valence-corrected chi connectivity index (χ4v) is 5.99. The summed E-state index contributed by atoms with van der Waals surface area (Å²) < 4.78 is 13.5. The molecule has 2 atom stereocenters. The molecule has 1 heterocycles. The van der Waals surface area contributed by atoms with E-state index in [1.165, 1.54) is 30.4 Å². The molecule has 3 fully saturated rings. The molecule has 4 heteroatoms. The highest BCUT2D eigenvalue weighted by atomic mass is 19.1. The standard InChI is InChI=1S/C28H35FN2O/c29-24-9-7-21(8-10-24)20-27(14-11-23-19-25(23)22-5-2-1-3-6-22)15-17-31(18-16-27)26(32)28(30)12-4-13-28/h1-3,5-10,23,25H,4,11-20,30H2/t23-,25?/m1/s1. The van der Waals surface area contributed by atoms with E-state index in [4.69, 9.17) is 5.73 Å². The highest BCUT2D eigenvalue weighted by Crippen LogP contribution is 2.52. The van der Waals surface area contributed by atoms with E-state index in [2.05, 4.69) is 30.3 Å². The Balaban J connectivity index is 1.25. The van der Waals surface area contributed by atoms with Crippen LogP contribution in [0.3, 0.4) is 0 Å². The van der Waals surface area contributed by atoms with Gasteiger partial charge in [0.1, 0.15) is 5.82 Å². The predicted molar refractivity (Wildman–Crippen MR) is 126 cm³/mol. The van der Waals surface area contributed by atoms with Crippen molar-refractivity contribution in [3.8, 4) is 0 Å². The van der Waals surface area contributed by atoms with Crippen molar-refractivity contribution >= 4 is 5.91 Å². The van der Waals surface area contributed by atoms with Gasteiger partial charge in [0.2, 0.25) is 5.91 Å². The second kappa shape index (κ2) is 8.62. The molecule has 2 aromatic rings. The second-order valence-corrected chi connectivity index (χ2v) is 10.7. The fraction of sp³-hybridized carbons (Fsp3) is 0.536. The van der Waals surface area contributed by atoms with Crippen molar-refractivity contribution in [1.29, 1.82) is 0 Å². The molecule has 170 valence electrons. The first kappa shape index (κ1) is 21.6. The number of benzene rings is 2. The van der Waals surface area contributed by atoms with Gasteiger partial charge in [0.25, 0.3) is 0 Å². The van der Waals surface area contributed by atoms with Gasteiger partial charge in [-0.3, -0.25) is 4.79 Å². The first-order valence-electron chi connectivity index (χ1n) is 12.3. The number of halogens is 1. The molecule has 3 nitrogen and oxygen atoms in total. The van der Waals surface area contributed by atoms with Crippen LogP contribution in [0.25, 0.3) is 0 Å². The van der Waals surface area contributed by atoms with E-state index in [-0.39, 0.29) is 17.1 Å². The maximum Gasteiger partial charge on any atom is 0.242 e. The van der Waals surface area contributed by atoms with Crippen molar-refractivity contribution < 1.29 is 9.18 Å². The van der Waals surface area contributed by atoms with Gasteiger partial charge in [-0.15, -0.1) is 0 Å². The van der Waals surface area contributed by atoms with Gasteiger partial charge in [0, 0.05) is 13.1 Å². The van der Waals surface area contributed by atoms with E-state index < -0.39 is 5.54 Å². The minimum Gasteiger partial charge on any atom is -0.341 e. The van der Waals surface area contributed by atoms with Gasteiger partial charge in [-0.1, -0.05) is 42.5 Å². The minimum atomic E-state index is -0.603. The third-order valence-corrected chi connectivity index (χ3v) is 8.47. The smallest absolute Gasteiger partial charge is 0.242 e. The van der Waals surface area contributed by atoms with Crippen LogP contribution in [0.2, 0.25) is 0 Å². The topological polar surface area (TPSA) is 46.3 Å². The van der Waals surface area contributed by atoms with E-state index in [0.29, 0.717) is 5.92 Å². The van der Waals surface area contributed by atoms with Crippen molar-refractivity contribution in [2.75, 3.05) is 13.1 Å². The summed E-state index contributed by atoms with van der Waals surface area (Å²) in [6.45, 7) is 1.59. The van der Waals surface area contributed by atoms with Crippen LogP contribution in [0.5, 0.6) is 0 Å². The third kappa shape index (κ3) is 4.47. The van der Waals surface area contributed by atoms with Gasteiger partial charge in [-0.25, -0.2) is 4.39 Å². The molecule has 1 unspecified atom stereocenters. The molecule has 0 radical (unpaired) electrons. The van der Waals surface area contributed by atoms with Crippen LogP contribution in [0, 0.1) is 17.2 Å². The van der Waals surface area contributed by atoms with Crippen LogP contribution in [0.4, 0.5) is 4.39 Å². The Labute approximate surface area is 191 Å². The number of hydrogen-bond acceptors (Lipinski definition) is 2. The number of nitrogens with two attached hydrogens (primary N) is 1. The summed E-state index contributed by atoms with van der Waals surface area (Å²) in [5.74, 6) is 1.45. The molecule has 2 aliphatic carbocycles. The molecule has 1 aliphatic heterocycles. The van der Waals surface area contributed by atoms with Gasteiger partial charge in [0.05, 0.1) is 5.54 Å². The zero-order chi connectivity index (χ0) is 22.2. The first-order valence-corrected chi connectivity index (χ1v) is 12.3. The summed E-state index contributed by atoms with van der Waals surface area (Å²) in [4.78, 5) is 15.0. The molecular weight excluding hydrogens is 399 g/mol. The van der Waals surface area contributed by atoms with Gasteiger partial charge < -0.3 is 10.6 Å². The SMILES string of the molecule is NC1(C(=O)N2CCC(CC[C@@H]3CC3c3ccccc3)(Cc3ccc(F)cc3)CC2)CCC1. The van der Waals surface area contributed by atoms with Crippen molar-refractivity contribution in [2.45, 2.75) is 69.2 Å². The van der Waals surface area contributed by atoms with Crippen molar-refractivity contribution in [2.24, 2.45) is 17.1 Å². The Kier molecular flexibility index (Phi) is 5.83. The van der Waals surface area contributed by atoms with E-state index in [0.717, 1.165) is 57.5 Å². The Morgan fingerprint density at radius 1 is 1.00 bits per heavy atom. The summed E-state index contributed by atoms with van der Waals surface area (Å²) in [6.07, 6.45) is 9.39. The largest absolute Gasteiger partial charge is 0.341 e. The molecule has 2 N–H and O–H groups in total. The minimum absolute atomic E-state index is 0.158. The molecule has 1 saturated heterocycles. The van der Waals surface area contributed by atoms with E-state index in [1.54, 1.807) is 12.1 Å². The maximum atomic E-state index is 13.5. The summed E-state index contributed by atoms with van der Waals surface area (Å²) in [6, 6.07) is 17.9. The lowest BCUT2D eigenvalue weighted by molar-refractivity contribution is -0.142. The zero-order valence-corrected chi connectivity index (χ0v) is 18.9. The lowest BCUT2D eigenvalue weighted by Crippen LogP contribution is -2.61. The van der Waals surface area contributed by atoms with Gasteiger partial charge >= 0.3 is 0 Å². The van der Waals surface area contributed by atoms with Crippen LogP contribution in [-0.2, 0) is 11.2 Å². The van der Waals surface area contributed by atoms with E-state index in [9.17, 15) is 9.18 Å². The van der Waals surface area contributed by atoms with E-state index in [1.807, 2.05) is 17.0 Å². The number of amides is 1. The predicted octanol–water partition coefficient (Wildman–Crippen LogP) is 5.44.